The monoisotopic (exact) mass is 350 g/mol. The van der Waals surface area contributed by atoms with Gasteiger partial charge in [-0.3, -0.25) is 0 Å². The fourth-order valence-corrected chi connectivity index (χ4v) is 5.24. The van der Waals surface area contributed by atoms with E-state index in [-0.39, 0.29) is 5.41 Å². The smallest absolute Gasteiger partial charge is 0.119 e. The molecule has 0 heterocycles. The van der Waals surface area contributed by atoms with Crippen LogP contribution in [0.25, 0.3) is 0 Å². The summed E-state index contributed by atoms with van der Waals surface area (Å²) >= 11 is 3.96. The SMILES string of the molecule is CC1CCC(C(C)(C)c2ccc(OC3CC3)cc2)C(Br)C1. The third-order valence-electron chi connectivity index (χ3n) is 5.39. The van der Waals surface area contributed by atoms with Crippen LogP contribution < -0.4 is 4.74 Å². The number of alkyl halides is 1. The van der Waals surface area contributed by atoms with E-state index < -0.39 is 0 Å². The Bertz CT molecular complexity index is 475. The molecule has 2 saturated carbocycles. The minimum absolute atomic E-state index is 0.215. The summed E-state index contributed by atoms with van der Waals surface area (Å²) in [4.78, 5) is 0.638. The largest absolute Gasteiger partial charge is 0.490 e. The number of ether oxygens (including phenoxy) is 1. The van der Waals surface area contributed by atoms with Crippen molar-refractivity contribution in [1.82, 2.24) is 0 Å². The lowest BCUT2D eigenvalue weighted by molar-refractivity contribution is 0.214. The maximum Gasteiger partial charge on any atom is 0.119 e. The van der Waals surface area contributed by atoms with E-state index in [2.05, 4.69) is 61.0 Å². The van der Waals surface area contributed by atoms with Gasteiger partial charge in [0.05, 0.1) is 6.10 Å². The van der Waals surface area contributed by atoms with E-state index in [1.165, 1.54) is 37.7 Å². The van der Waals surface area contributed by atoms with Crippen molar-refractivity contribution in [3.8, 4) is 5.75 Å². The molecule has 0 spiro atoms. The van der Waals surface area contributed by atoms with Gasteiger partial charge in [-0.25, -0.2) is 0 Å². The van der Waals surface area contributed by atoms with Gasteiger partial charge < -0.3 is 4.74 Å². The molecule has 0 amide bonds. The fourth-order valence-electron chi connectivity index (χ4n) is 3.68. The van der Waals surface area contributed by atoms with Crippen LogP contribution in [-0.2, 0) is 5.41 Å². The molecule has 116 valence electrons. The average Bonchev–Trinajstić information content (AvgIpc) is 3.23. The Morgan fingerprint density at radius 1 is 1.05 bits per heavy atom. The molecule has 21 heavy (non-hydrogen) atoms. The van der Waals surface area contributed by atoms with Crippen molar-refractivity contribution in [3.63, 3.8) is 0 Å². The summed E-state index contributed by atoms with van der Waals surface area (Å²) in [5.41, 5.74) is 1.65. The Labute approximate surface area is 137 Å². The Balaban J connectivity index is 1.73. The molecule has 0 aromatic heterocycles. The Morgan fingerprint density at radius 2 is 1.71 bits per heavy atom. The first-order chi connectivity index (χ1) is 9.96. The van der Waals surface area contributed by atoms with Crippen LogP contribution in [0.1, 0.15) is 58.4 Å². The molecule has 3 unspecified atom stereocenters. The van der Waals surface area contributed by atoms with Crippen LogP contribution >= 0.6 is 15.9 Å². The maximum absolute atomic E-state index is 5.86. The van der Waals surface area contributed by atoms with Crippen LogP contribution in [0.3, 0.4) is 0 Å². The molecule has 1 aromatic carbocycles. The zero-order chi connectivity index (χ0) is 15.0. The molecule has 0 bridgehead atoms. The Hall–Kier alpha value is -0.500. The summed E-state index contributed by atoms with van der Waals surface area (Å²) in [6.07, 6.45) is 6.91. The lowest BCUT2D eigenvalue weighted by Crippen LogP contribution is -2.38. The number of hydrogen-bond acceptors (Lipinski definition) is 1. The Morgan fingerprint density at radius 3 is 2.29 bits per heavy atom. The van der Waals surface area contributed by atoms with Gasteiger partial charge in [0.15, 0.2) is 0 Å². The van der Waals surface area contributed by atoms with Gasteiger partial charge >= 0.3 is 0 Å². The van der Waals surface area contributed by atoms with Crippen LogP contribution in [0.2, 0.25) is 0 Å². The quantitative estimate of drug-likeness (QED) is 0.632. The number of hydrogen-bond donors (Lipinski definition) is 0. The summed E-state index contributed by atoms with van der Waals surface area (Å²) in [7, 11) is 0. The molecule has 0 radical (unpaired) electrons. The van der Waals surface area contributed by atoms with Crippen molar-refractivity contribution in [1.29, 1.82) is 0 Å². The van der Waals surface area contributed by atoms with E-state index in [4.69, 9.17) is 4.74 Å². The van der Waals surface area contributed by atoms with E-state index in [0.717, 1.165) is 11.7 Å². The normalized spacial score (nSPS) is 30.2. The first kappa shape index (κ1) is 15.4. The second kappa shape index (κ2) is 5.95. The van der Waals surface area contributed by atoms with E-state index in [0.29, 0.717) is 16.8 Å². The summed E-state index contributed by atoms with van der Waals surface area (Å²) in [6.45, 7) is 7.18. The lowest BCUT2D eigenvalue weighted by atomic mass is 9.66. The standard InChI is InChI=1S/C19H27BrO/c1-13-4-11-17(18(20)12-13)19(2,3)14-5-7-15(8-6-14)21-16-9-10-16/h5-8,13,16-18H,4,9-12H2,1-3H3. The number of rotatable bonds is 4. The second-order valence-corrected chi connectivity index (χ2v) is 8.78. The second-order valence-electron chi connectivity index (χ2n) is 7.60. The van der Waals surface area contributed by atoms with Crippen molar-refractivity contribution in [2.75, 3.05) is 0 Å². The van der Waals surface area contributed by atoms with Crippen molar-refractivity contribution in [3.05, 3.63) is 29.8 Å². The zero-order valence-electron chi connectivity index (χ0n) is 13.4. The van der Waals surface area contributed by atoms with Gasteiger partial charge in [0.1, 0.15) is 5.75 Å². The minimum atomic E-state index is 0.215. The van der Waals surface area contributed by atoms with Gasteiger partial charge in [0.25, 0.3) is 0 Å². The summed E-state index contributed by atoms with van der Waals surface area (Å²) in [5, 5.41) is 0. The van der Waals surface area contributed by atoms with Crippen LogP contribution in [0.5, 0.6) is 5.75 Å². The maximum atomic E-state index is 5.86. The lowest BCUT2D eigenvalue weighted by Gasteiger charge is -2.42. The van der Waals surface area contributed by atoms with Gasteiger partial charge in [-0.1, -0.05) is 55.3 Å². The first-order valence-electron chi connectivity index (χ1n) is 8.38. The van der Waals surface area contributed by atoms with Crippen LogP contribution in [0.4, 0.5) is 0 Å². The summed E-state index contributed by atoms with van der Waals surface area (Å²) in [5.74, 6) is 2.60. The fraction of sp³-hybridized carbons (Fsp3) is 0.684. The van der Waals surface area contributed by atoms with Crippen molar-refractivity contribution < 1.29 is 4.74 Å². The molecule has 2 heteroatoms. The van der Waals surface area contributed by atoms with Crippen LogP contribution in [0, 0.1) is 11.8 Å². The topological polar surface area (TPSA) is 9.23 Å². The third kappa shape index (κ3) is 3.47. The van der Waals surface area contributed by atoms with Crippen LogP contribution in [0.15, 0.2) is 24.3 Å². The Kier molecular flexibility index (Phi) is 4.36. The van der Waals surface area contributed by atoms with Crippen LogP contribution in [-0.4, -0.2) is 10.9 Å². The molecule has 0 saturated heterocycles. The third-order valence-corrected chi connectivity index (χ3v) is 6.40. The van der Waals surface area contributed by atoms with Crippen molar-refractivity contribution in [2.24, 2.45) is 11.8 Å². The molecular formula is C19H27BrO. The predicted octanol–water partition coefficient (Wildman–Crippen LogP) is 5.71. The summed E-state index contributed by atoms with van der Waals surface area (Å²) in [6, 6.07) is 8.86. The number of halogens is 1. The highest BCUT2D eigenvalue weighted by molar-refractivity contribution is 9.09. The van der Waals surface area contributed by atoms with Gasteiger partial charge in [-0.15, -0.1) is 0 Å². The molecule has 0 aliphatic heterocycles. The molecule has 2 fully saturated rings. The first-order valence-corrected chi connectivity index (χ1v) is 9.29. The van der Waals surface area contributed by atoms with E-state index >= 15 is 0 Å². The van der Waals surface area contributed by atoms with Crippen molar-refractivity contribution >= 4 is 15.9 Å². The molecule has 2 aliphatic rings. The molecule has 1 nitrogen and oxygen atoms in total. The highest BCUT2D eigenvalue weighted by Gasteiger charge is 2.38. The molecule has 1 aromatic rings. The van der Waals surface area contributed by atoms with E-state index in [1.807, 2.05) is 0 Å². The zero-order valence-corrected chi connectivity index (χ0v) is 15.0. The molecular weight excluding hydrogens is 324 g/mol. The highest BCUT2D eigenvalue weighted by atomic mass is 79.9. The predicted molar refractivity (Wildman–Crippen MR) is 92.3 cm³/mol. The van der Waals surface area contributed by atoms with Gasteiger partial charge in [-0.2, -0.15) is 0 Å². The molecule has 3 atom stereocenters. The van der Waals surface area contributed by atoms with E-state index in [9.17, 15) is 0 Å². The van der Waals surface area contributed by atoms with E-state index in [1.54, 1.807) is 0 Å². The van der Waals surface area contributed by atoms with Gasteiger partial charge in [-0.05, 0) is 60.6 Å². The highest BCUT2D eigenvalue weighted by Crippen LogP contribution is 2.45. The molecule has 3 rings (SSSR count). The van der Waals surface area contributed by atoms with Gasteiger partial charge in [0.2, 0.25) is 0 Å². The minimum Gasteiger partial charge on any atom is -0.490 e. The summed E-state index contributed by atoms with van der Waals surface area (Å²) < 4.78 is 5.86. The molecule has 2 aliphatic carbocycles. The van der Waals surface area contributed by atoms with Gasteiger partial charge in [0, 0.05) is 4.83 Å². The number of benzene rings is 1. The van der Waals surface area contributed by atoms with Crippen molar-refractivity contribution in [2.45, 2.75) is 69.2 Å². The molecule has 0 N–H and O–H groups in total. The average molecular weight is 351 g/mol.